The van der Waals surface area contributed by atoms with Gasteiger partial charge in [-0.1, -0.05) is 98.9 Å². The highest BCUT2D eigenvalue weighted by atomic mass is 16.7. The maximum absolute atomic E-state index is 13.0. The Labute approximate surface area is 380 Å². The summed E-state index contributed by atoms with van der Waals surface area (Å²) in [5.74, 6) is -7.42. The number of hydrogen-bond donors (Lipinski definition) is 11. The van der Waals surface area contributed by atoms with Gasteiger partial charge in [0.25, 0.3) is 0 Å². The van der Waals surface area contributed by atoms with Crippen molar-refractivity contribution in [2.24, 2.45) is 23.5 Å². The molecular formula is C47H71NO17. The molecule has 18 nitrogen and oxygen atoms in total. The van der Waals surface area contributed by atoms with Crippen molar-refractivity contribution in [3.63, 3.8) is 0 Å². The third-order valence-electron chi connectivity index (χ3n) is 11.8. The third kappa shape index (κ3) is 18.5. The predicted octanol–water partition coefficient (Wildman–Crippen LogP) is 0.920. The zero-order valence-corrected chi connectivity index (χ0v) is 37.5. The van der Waals surface area contributed by atoms with E-state index >= 15 is 0 Å². The second-order valence-corrected chi connectivity index (χ2v) is 17.3. The number of aliphatic hydroxyl groups is 9. The van der Waals surface area contributed by atoms with Gasteiger partial charge in [0.2, 0.25) is 0 Å². The summed E-state index contributed by atoms with van der Waals surface area (Å²) in [6.07, 6.45) is 3.70. The number of cyclic esters (lactones) is 1. The minimum atomic E-state index is -2.33. The highest BCUT2D eigenvalue weighted by Gasteiger charge is 2.51. The Morgan fingerprint density at radius 3 is 1.83 bits per heavy atom. The largest absolute Gasteiger partial charge is 0.481 e. The van der Waals surface area contributed by atoms with Gasteiger partial charge in [0.15, 0.2) is 12.1 Å². The van der Waals surface area contributed by atoms with Crippen molar-refractivity contribution in [2.75, 3.05) is 0 Å². The van der Waals surface area contributed by atoms with Crippen LogP contribution in [0.1, 0.15) is 79.1 Å². The Morgan fingerprint density at radius 2 is 1.25 bits per heavy atom. The predicted molar refractivity (Wildman–Crippen MR) is 236 cm³/mol. The number of ketones is 1. The molecule has 0 saturated carbocycles. The molecule has 0 aliphatic carbocycles. The molecule has 12 N–H and O–H groups in total. The minimum absolute atomic E-state index is 0.119. The fraction of sp³-hybridized carbons (Fsp3) is 0.638. The molecule has 65 heavy (non-hydrogen) atoms. The van der Waals surface area contributed by atoms with E-state index in [1.807, 2.05) is 0 Å². The molecule has 0 spiro atoms. The lowest BCUT2D eigenvalue weighted by atomic mass is 9.82. The Bertz CT molecular complexity index is 1710. The molecule has 366 valence electrons. The van der Waals surface area contributed by atoms with E-state index in [9.17, 15) is 65.4 Å². The van der Waals surface area contributed by atoms with Crippen LogP contribution in [-0.2, 0) is 33.3 Å². The van der Waals surface area contributed by atoms with E-state index in [0.717, 1.165) is 0 Å². The smallest absolute Gasteiger partial charge is 0.311 e. The van der Waals surface area contributed by atoms with Crippen molar-refractivity contribution in [1.29, 1.82) is 0 Å². The fourth-order valence-corrected chi connectivity index (χ4v) is 7.83. The van der Waals surface area contributed by atoms with Crippen LogP contribution in [0.25, 0.3) is 0 Å². The number of carboxylic acid groups (broad SMARTS) is 1. The molecule has 0 aromatic rings. The topological polar surface area (TPSA) is 316 Å². The normalized spacial score (nSPS) is 44.4. The number of carbonyl (C=O) groups is 3. The summed E-state index contributed by atoms with van der Waals surface area (Å²) < 4.78 is 23.1. The van der Waals surface area contributed by atoms with Gasteiger partial charge in [0, 0.05) is 31.6 Å². The van der Waals surface area contributed by atoms with Gasteiger partial charge in [-0.3, -0.25) is 14.4 Å². The lowest BCUT2D eigenvalue weighted by Gasteiger charge is -2.45. The average molecular weight is 922 g/mol. The van der Waals surface area contributed by atoms with Crippen LogP contribution in [0.15, 0.2) is 85.1 Å². The molecule has 2 bridgehead atoms. The molecule has 3 rings (SSSR count). The van der Waals surface area contributed by atoms with Crippen molar-refractivity contribution in [3.8, 4) is 0 Å². The summed E-state index contributed by atoms with van der Waals surface area (Å²) in [6, 6.07) is -1.15. The molecule has 2 saturated heterocycles. The number of aliphatic hydroxyl groups excluding tert-OH is 8. The Balaban J connectivity index is 1.86. The summed E-state index contributed by atoms with van der Waals surface area (Å²) in [5, 5.41) is 107. The lowest BCUT2D eigenvalue weighted by Crippen LogP contribution is -2.61. The molecule has 18 heteroatoms. The van der Waals surface area contributed by atoms with Crippen LogP contribution in [0.2, 0.25) is 0 Å². The summed E-state index contributed by atoms with van der Waals surface area (Å²) in [5.41, 5.74) is 6.01. The van der Waals surface area contributed by atoms with Gasteiger partial charge in [-0.2, -0.15) is 0 Å². The Morgan fingerprint density at radius 1 is 0.677 bits per heavy atom. The van der Waals surface area contributed by atoms with E-state index in [0.29, 0.717) is 0 Å². The maximum Gasteiger partial charge on any atom is 0.311 e. The molecular weight excluding hydrogens is 851 g/mol. The van der Waals surface area contributed by atoms with Crippen LogP contribution < -0.4 is 5.73 Å². The van der Waals surface area contributed by atoms with Crippen LogP contribution in [0.4, 0.5) is 0 Å². The van der Waals surface area contributed by atoms with E-state index in [4.69, 9.17) is 24.7 Å². The van der Waals surface area contributed by atoms with Crippen LogP contribution in [-0.4, -0.2) is 160 Å². The number of carboxylic acids is 1. The SMILES string of the molecule is C[C@@H]1OC(=O)C[C@H](O)C[C@H](O)CC[C@@H](O)[C@H](O)C[C@H](O)C[C@]2(O)C[C@H](O)[C@@H](C(=O)O)[C@H](C[C@@H](O[C@@H]3O[C@H](C)[C@@H](O)[C@H](N)[C@@H]3O)/C=C/C=C/C=C/C=C/C=C/C=C/C=C/[C@H](C)C(=O)[C@H]1C)O2. The number of carbonyl (C=O) groups excluding carboxylic acids is 2. The summed E-state index contributed by atoms with van der Waals surface area (Å²) >= 11 is 0. The van der Waals surface area contributed by atoms with Crippen molar-refractivity contribution < 1.29 is 84.4 Å². The number of rotatable bonds is 3. The molecule has 3 aliphatic heterocycles. The first-order valence-corrected chi connectivity index (χ1v) is 22.2. The van der Waals surface area contributed by atoms with Crippen molar-refractivity contribution in [1.82, 2.24) is 0 Å². The van der Waals surface area contributed by atoms with Crippen LogP contribution in [0.5, 0.6) is 0 Å². The van der Waals surface area contributed by atoms with Crippen molar-refractivity contribution in [2.45, 2.75) is 170 Å². The van der Waals surface area contributed by atoms with E-state index in [-0.39, 0.29) is 31.5 Å². The third-order valence-corrected chi connectivity index (χ3v) is 11.8. The maximum atomic E-state index is 13.0. The van der Waals surface area contributed by atoms with Gasteiger partial charge in [-0.05, 0) is 33.1 Å². The number of fused-ring (bicyclic) bond motifs is 2. The number of aliphatic carboxylic acids is 1. The van der Waals surface area contributed by atoms with Crippen molar-refractivity contribution in [3.05, 3.63) is 85.1 Å². The van der Waals surface area contributed by atoms with Gasteiger partial charge >= 0.3 is 11.9 Å². The molecule has 2 fully saturated rings. The van der Waals surface area contributed by atoms with Crippen molar-refractivity contribution >= 4 is 17.7 Å². The molecule has 0 amide bonds. The Kier molecular flexibility index (Phi) is 23.2. The van der Waals surface area contributed by atoms with Gasteiger partial charge < -0.3 is 75.7 Å². The number of Topliss-reactive ketones (excluding diaryl/α,β-unsaturated/α-hetero) is 1. The molecule has 18 atom stereocenters. The minimum Gasteiger partial charge on any atom is -0.481 e. The van der Waals surface area contributed by atoms with E-state index in [1.54, 1.807) is 99.8 Å². The van der Waals surface area contributed by atoms with Gasteiger partial charge in [-0.25, -0.2) is 0 Å². The van der Waals surface area contributed by atoms with Crippen LogP contribution in [0.3, 0.4) is 0 Å². The van der Waals surface area contributed by atoms with Gasteiger partial charge in [0.1, 0.15) is 23.9 Å². The summed E-state index contributed by atoms with van der Waals surface area (Å²) in [4.78, 5) is 38.0. The number of allylic oxidation sites excluding steroid dienone is 13. The monoisotopic (exact) mass is 921 g/mol. The summed E-state index contributed by atoms with van der Waals surface area (Å²) in [7, 11) is 0. The van der Waals surface area contributed by atoms with Crippen LogP contribution >= 0.6 is 0 Å². The first-order valence-electron chi connectivity index (χ1n) is 22.2. The fourth-order valence-electron chi connectivity index (χ4n) is 7.83. The van der Waals surface area contributed by atoms with E-state index in [1.165, 1.54) is 13.0 Å². The second kappa shape index (κ2) is 27.2. The zero-order valence-electron chi connectivity index (χ0n) is 37.5. The molecule has 0 unspecified atom stereocenters. The second-order valence-electron chi connectivity index (χ2n) is 17.3. The number of nitrogens with two attached hydrogens (primary N) is 1. The quantitative estimate of drug-likeness (QED) is 0.175. The highest BCUT2D eigenvalue weighted by molar-refractivity contribution is 5.85. The first kappa shape index (κ1) is 55.6. The molecule has 0 radical (unpaired) electrons. The van der Waals surface area contributed by atoms with Gasteiger partial charge in [-0.15, -0.1) is 0 Å². The first-order chi connectivity index (χ1) is 30.6. The molecule has 3 heterocycles. The van der Waals surface area contributed by atoms with Crippen LogP contribution in [0, 0.1) is 17.8 Å². The number of esters is 1. The van der Waals surface area contributed by atoms with E-state index in [2.05, 4.69) is 0 Å². The van der Waals surface area contributed by atoms with E-state index < -0.39 is 147 Å². The summed E-state index contributed by atoms with van der Waals surface area (Å²) in [6.45, 7) is 6.48. The zero-order chi connectivity index (χ0) is 48.4. The molecule has 0 aromatic carbocycles. The average Bonchev–Trinajstić information content (AvgIpc) is 3.21. The van der Waals surface area contributed by atoms with Gasteiger partial charge in [0.05, 0.1) is 79.4 Å². The lowest BCUT2D eigenvalue weighted by molar-refractivity contribution is -0.308. The molecule has 0 aromatic heterocycles. The Hall–Kier alpha value is -3.73. The molecule has 3 aliphatic rings. The number of ether oxygens (including phenoxy) is 4. The highest BCUT2D eigenvalue weighted by Crippen LogP contribution is 2.38. The standard InChI is InChI=1S/C47H71NO17/c1-27-17-15-13-11-9-7-5-6-8-10-12-14-16-18-34(64-46-44(58)41(48)43(57)30(4)63-46)24-38-40(45(59)60)37(54)26-47(61,65-38)25-33(51)22-36(53)35(52)20-19-31(49)21-32(50)23-39(55)62-29(3)28(2)42(27)56/h5-18,27-38,40-41,43-44,46,49-54,57-58,61H,19-26,48H2,1-4H3,(H,59,60)/b6-5+,9-7+,10-8+,13-11+,14-12+,17-15+,18-16+/t27-,28-,29-,30+,31+,32+,33-,34-,35+,36+,37-,38-,40+,41-,43+,44-,46-,47+/m0/s1. The number of hydrogen-bond acceptors (Lipinski definition) is 17.